The van der Waals surface area contributed by atoms with E-state index in [1.54, 1.807) is 0 Å². The van der Waals surface area contributed by atoms with Crippen LogP contribution in [0, 0.1) is 13.8 Å². The molecule has 32 heavy (non-hydrogen) atoms. The molecule has 0 aliphatic rings. The van der Waals surface area contributed by atoms with Crippen LogP contribution < -0.4 is 11.1 Å². The number of aromatic nitrogens is 1. The Balaban J connectivity index is 1.56. The second kappa shape index (κ2) is 9.58. The van der Waals surface area contributed by atoms with Gasteiger partial charge in [0.1, 0.15) is 0 Å². The number of hydrogen-bond acceptors (Lipinski definition) is 3. The highest BCUT2D eigenvalue weighted by atomic mass is 16.2. The van der Waals surface area contributed by atoms with Crippen molar-refractivity contribution in [3.63, 3.8) is 0 Å². The molecule has 0 aliphatic heterocycles. The van der Waals surface area contributed by atoms with E-state index in [2.05, 4.69) is 17.2 Å². The van der Waals surface area contributed by atoms with Gasteiger partial charge >= 0.3 is 0 Å². The number of benzene rings is 3. The summed E-state index contributed by atoms with van der Waals surface area (Å²) in [6.45, 7) is 4.08. The van der Waals surface area contributed by atoms with Crippen molar-refractivity contribution >= 4 is 11.6 Å². The number of nitrogens with two attached hydrogens (primary N) is 1. The SMILES string of the molecule is Cc1ccnc(C)c1-c1ccc(NC(=O)[C@@H](N)C(c2ccccc2)c2ccccc2)cc1. The molecule has 4 aromatic rings. The smallest absolute Gasteiger partial charge is 0.242 e. The Hall–Kier alpha value is -3.76. The molecule has 3 N–H and O–H groups in total. The summed E-state index contributed by atoms with van der Waals surface area (Å²) < 4.78 is 0. The molecule has 1 aromatic heterocycles. The first-order valence-electron chi connectivity index (χ1n) is 10.7. The van der Waals surface area contributed by atoms with Crippen molar-refractivity contribution in [2.24, 2.45) is 5.73 Å². The molecule has 0 saturated carbocycles. The van der Waals surface area contributed by atoms with Crippen molar-refractivity contribution in [2.45, 2.75) is 25.8 Å². The van der Waals surface area contributed by atoms with E-state index >= 15 is 0 Å². The summed E-state index contributed by atoms with van der Waals surface area (Å²) in [4.78, 5) is 17.5. The summed E-state index contributed by atoms with van der Waals surface area (Å²) in [6.07, 6.45) is 1.82. The third-order valence-corrected chi connectivity index (χ3v) is 5.77. The molecule has 1 heterocycles. The lowest BCUT2D eigenvalue weighted by molar-refractivity contribution is -0.117. The lowest BCUT2D eigenvalue weighted by Crippen LogP contribution is -2.41. The number of pyridine rings is 1. The minimum Gasteiger partial charge on any atom is -0.325 e. The van der Waals surface area contributed by atoms with Crippen molar-refractivity contribution in [1.82, 2.24) is 4.98 Å². The van der Waals surface area contributed by atoms with E-state index in [4.69, 9.17) is 5.73 Å². The Kier molecular flexibility index (Phi) is 6.43. The van der Waals surface area contributed by atoms with Crippen molar-refractivity contribution in [2.75, 3.05) is 5.32 Å². The summed E-state index contributed by atoms with van der Waals surface area (Å²) in [5.74, 6) is -0.457. The van der Waals surface area contributed by atoms with Gasteiger partial charge in [0.2, 0.25) is 5.91 Å². The second-order valence-corrected chi connectivity index (χ2v) is 7.98. The quantitative estimate of drug-likeness (QED) is 0.434. The predicted molar refractivity (Wildman–Crippen MR) is 130 cm³/mol. The number of nitrogens with one attached hydrogen (secondary N) is 1. The summed E-state index contributed by atoms with van der Waals surface area (Å²) in [6, 6.07) is 28.9. The molecule has 1 atom stereocenters. The molecule has 0 aliphatic carbocycles. The van der Waals surface area contributed by atoms with Gasteiger partial charge < -0.3 is 11.1 Å². The van der Waals surface area contributed by atoms with Crippen LogP contribution in [0.25, 0.3) is 11.1 Å². The summed E-state index contributed by atoms with van der Waals surface area (Å²) in [5, 5.41) is 2.99. The van der Waals surface area contributed by atoms with Gasteiger partial charge in [0.05, 0.1) is 6.04 Å². The van der Waals surface area contributed by atoms with E-state index in [1.807, 2.05) is 104 Å². The lowest BCUT2D eigenvalue weighted by atomic mass is 9.85. The zero-order chi connectivity index (χ0) is 22.5. The van der Waals surface area contributed by atoms with E-state index in [1.165, 1.54) is 5.56 Å². The summed E-state index contributed by atoms with van der Waals surface area (Å²) in [5.41, 5.74) is 13.6. The first-order chi connectivity index (χ1) is 15.5. The van der Waals surface area contributed by atoms with E-state index in [0.29, 0.717) is 5.69 Å². The van der Waals surface area contributed by atoms with E-state index in [-0.39, 0.29) is 11.8 Å². The van der Waals surface area contributed by atoms with Crippen LogP contribution >= 0.6 is 0 Å². The standard InChI is InChI=1S/C28H27N3O/c1-19-17-18-30-20(2)25(19)23-13-15-24(16-14-23)31-28(32)27(29)26(21-9-5-3-6-10-21)22-11-7-4-8-12-22/h3-18,26-27H,29H2,1-2H3,(H,31,32)/t27-/m0/s1. The molecule has 4 heteroatoms. The number of rotatable bonds is 6. The highest BCUT2D eigenvalue weighted by Crippen LogP contribution is 2.29. The number of carbonyl (C=O) groups is 1. The average molecular weight is 422 g/mol. The third kappa shape index (κ3) is 4.61. The van der Waals surface area contributed by atoms with Gasteiger partial charge in [-0.1, -0.05) is 72.8 Å². The van der Waals surface area contributed by atoms with Crippen molar-refractivity contribution in [3.05, 3.63) is 120 Å². The lowest BCUT2D eigenvalue weighted by Gasteiger charge is -2.24. The summed E-state index contributed by atoms with van der Waals surface area (Å²) >= 11 is 0. The third-order valence-electron chi connectivity index (χ3n) is 5.77. The molecule has 0 bridgehead atoms. The molecule has 0 radical (unpaired) electrons. The molecule has 0 spiro atoms. The number of anilines is 1. The van der Waals surface area contributed by atoms with Gasteiger partial charge in [-0.3, -0.25) is 9.78 Å². The molecule has 4 rings (SSSR count). The van der Waals surface area contributed by atoms with Crippen molar-refractivity contribution < 1.29 is 4.79 Å². The monoisotopic (exact) mass is 421 g/mol. The van der Waals surface area contributed by atoms with Gasteiger partial charge in [-0.05, 0) is 54.3 Å². The second-order valence-electron chi connectivity index (χ2n) is 7.98. The van der Waals surface area contributed by atoms with Gasteiger partial charge in [-0.2, -0.15) is 0 Å². The van der Waals surface area contributed by atoms with Crippen LogP contribution in [0.5, 0.6) is 0 Å². The van der Waals surface area contributed by atoms with Gasteiger partial charge in [-0.15, -0.1) is 0 Å². The highest BCUT2D eigenvalue weighted by molar-refractivity contribution is 5.96. The first-order valence-corrected chi connectivity index (χ1v) is 10.7. The number of amides is 1. The minimum atomic E-state index is -0.734. The van der Waals surface area contributed by atoms with Crippen LogP contribution in [0.1, 0.15) is 28.3 Å². The van der Waals surface area contributed by atoms with Crippen LogP contribution in [0.4, 0.5) is 5.69 Å². The van der Waals surface area contributed by atoms with Gasteiger partial charge in [0, 0.05) is 29.1 Å². The number of aryl methyl sites for hydroxylation is 2. The number of hydrogen-bond donors (Lipinski definition) is 2. The molecule has 3 aromatic carbocycles. The normalized spacial score (nSPS) is 11.9. The fourth-order valence-corrected chi connectivity index (χ4v) is 4.16. The Morgan fingerprint density at radius 2 is 1.38 bits per heavy atom. The molecule has 0 unspecified atom stereocenters. The van der Waals surface area contributed by atoms with E-state index < -0.39 is 6.04 Å². The fourth-order valence-electron chi connectivity index (χ4n) is 4.16. The first kappa shape index (κ1) is 21.5. The van der Waals surface area contributed by atoms with E-state index in [9.17, 15) is 4.79 Å². The largest absolute Gasteiger partial charge is 0.325 e. The van der Waals surface area contributed by atoms with Gasteiger partial charge in [-0.25, -0.2) is 0 Å². The molecule has 1 amide bonds. The molecule has 160 valence electrons. The number of nitrogens with zero attached hydrogens (tertiary/aromatic N) is 1. The maximum Gasteiger partial charge on any atom is 0.242 e. The maximum atomic E-state index is 13.1. The highest BCUT2D eigenvalue weighted by Gasteiger charge is 2.27. The summed E-state index contributed by atoms with van der Waals surface area (Å²) in [7, 11) is 0. The fraction of sp³-hybridized carbons (Fsp3) is 0.143. The molecule has 0 fully saturated rings. The molecule has 0 saturated heterocycles. The van der Waals surface area contributed by atoms with Crippen LogP contribution in [0.2, 0.25) is 0 Å². The van der Waals surface area contributed by atoms with Crippen molar-refractivity contribution in [1.29, 1.82) is 0 Å². The zero-order valence-corrected chi connectivity index (χ0v) is 18.3. The average Bonchev–Trinajstić information content (AvgIpc) is 2.81. The Labute approximate surface area is 189 Å². The van der Waals surface area contributed by atoms with Crippen LogP contribution in [0.3, 0.4) is 0 Å². The molecular weight excluding hydrogens is 394 g/mol. The maximum absolute atomic E-state index is 13.1. The van der Waals surface area contributed by atoms with Gasteiger partial charge in [0.15, 0.2) is 0 Å². The molecule has 4 nitrogen and oxygen atoms in total. The van der Waals surface area contributed by atoms with E-state index in [0.717, 1.165) is 27.9 Å². The van der Waals surface area contributed by atoms with Crippen molar-refractivity contribution in [3.8, 4) is 11.1 Å². The van der Waals surface area contributed by atoms with Crippen LogP contribution in [-0.4, -0.2) is 16.9 Å². The van der Waals surface area contributed by atoms with Gasteiger partial charge in [0.25, 0.3) is 0 Å². The minimum absolute atomic E-state index is 0.218. The zero-order valence-electron chi connectivity index (χ0n) is 18.3. The topological polar surface area (TPSA) is 68.0 Å². The Morgan fingerprint density at radius 1 is 0.812 bits per heavy atom. The Morgan fingerprint density at radius 3 is 1.91 bits per heavy atom. The Bertz CT molecular complexity index is 1130. The van der Waals surface area contributed by atoms with Crippen LogP contribution in [0.15, 0.2) is 97.2 Å². The molecular formula is C28H27N3O. The number of carbonyl (C=O) groups excluding carboxylic acids is 1. The predicted octanol–water partition coefficient (Wildman–Crippen LogP) is 5.46. The van der Waals surface area contributed by atoms with Crippen LogP contribution in [-0.2, 0) is 4.79 Å².